The molecule has 1 atom stereocenters. The Balaban J connectivity index is 1.95. The molecule has 0 aliphatic rings. The lowest BCUT2D eigenvalue weighted by molar-refractivity contribution is 0.0935. The fourth-order valence-corrected chi connectivity index (χ4v) is 2.53. The van der Waals surface area contributed by atoms with Crippen LogP contribution in [-0.4, -0.2) is 17.4 Å². The van der Waals surface area contributed by atoms with E-state index < -0.39 is 0 Å². The van der Waals surface area contributed by atoms with Crippen LogP contribution in [0, 0.1) is 0 Å². The zero-order chi connectivity index (χ0) is 14.4. The average molecular weight is 289 g/mol. The van der Waals surface area contributed by atoms with Gasteiger partial charge in [0.25, 0.3) is 5.91 Å². The predicted molar refractivity (Wildman–Crippen MR) is 83.2 cm³/mol. The Kier molecular flexibility index (Phi) is 5.12. The first-order chi connectivity index (χ1) is 9.70. The maximum Gasteiger partial charge on any atom is 0.270 e. The second kappa shape index (κ2) is 7.05. The summed E-state index contributed by atoms with van der Waals surface area (Å²) in [6.07, 6.45) is 2.75. The summed E-state index contributed by atoms with van der Waals surface area (Å²) in [5.74, 6) is -0.147. The van der Waals surface area contributed by atoms with Gasteiger partial charge in [-0.15, -0.1) is 0 Å². The highest BCUT2D eigenvalue weighted by molar-refractivity contribution is 7.07. The molecule has 0 aliphatic carbocycles. The number of rotatable bonds is 6. The van der Waals surface area contributed by atoms with Crippen LogP contribution in [0.2, 0.25) is 0 Å². The molecule has 1 amide bonds. The van der Waals surface area contributed by atoms with Gasteiger partial charge in [-0.3, -0.25) is 4.79 Å². The van der Waals surface area contributed by atoms with E-state index in [-0.39, 0.29) is 11.9 Å². The molecule has 2 aromatic heterocycles. The van der Waals surface area contributed by atoms with Crippen molar-refractivity contribution in [1.82, 2.24) is 10.3 Å². The van der Waals surface area contributed by atoms with E-state index in [4.69, 9.17) is 0 Å². The van der Waals surface area contributed by atoms with Crippen molar-refractivity contribution < 1.29 is 4.79 Å². The quantitative estimate of drug-likeness (QED) is 0.856. The van der Waals surface area contributed by atoms with Crippen LogP contribution in [0.25, 0.3) is 0 Å². The van der Waals surface area contributed by atoms with E-state index in [1.165, 1.54) is 0 Å². The Morgan fingerprint density at radius 1 is 1.40 bits per heavy atom. The summed E-state index contributed by atoms with van der Waals surface area (Å²) < 4.78 is 0. The number of hydrogen-bond acceptors (Lipinski definition) is 4. The summed E-state index contributed by atoms with van der Waals surface area (Å²) in [6.45, 7) is 4.98. The van der Waals surface area contributed by atoms with Gasteiger partial charge < -0.3 is 10.6 Å². The molecule has 0 fully saturated rings. The van der Waals surface area contributed by atoms with Gasteiger partial charge in [0.15, 0.2) is 0 Å². The summed E-state index contributed by atoms with van der Waals surface area (Å²) >= 11 is 1.63. The first kappa shape index (κ1) is 14.5. The normalized spacial score (nSPS) is 11.9. The maximum atomic E-state index is 12.1. The van der Waals surface area contributed by atoms with Crippen LogP contribution in [-0.2, 0) is 0 Å². The highest BCUT2D eigenvalue weighted by atomic mass is 32.1. The van der Waals surface area contributed by atoms with Crippen molar-refractivity contribution in [3.05, 3.63) is 46.4 Å². The molecule has 0 spiro atoms. The van der Waals surface area contributed by atoms with Crippen molar-refractivity contribution in [2.45, 2.75) is 26.3 Å². The van der Waals surface area contributed by atoms with Gasteiger partial charge in [0.2, 0.25) is 0 Å². The number of anilines is 1. The minimum Gasteiger partial charge on any atom is -0.384 e. The molecular weight excluding hydrogens is 270 g/mol. The largest absolute Gasteiger partial charge is 0.384 e. The van der Waals surface area contributed by atoms with Crippen molar-refractivity contribution in [2.24, 2.45) is 0 Å². The molecule has 2 rings (SSSR count). The molecule has 0 radical (unpaired) electrons. The standard InChI is InChI=1S/C15H19N3OS/c1-3-7-16-13-4-5-14(17-9-13)15(19)18-11(2)12-6-8-20-10-12/h4-6,8-11,16H,3,7H2,1-2H3,(H,18,19). The fraction of sp³-hybridized carbons (Fsp3) is 0.333. The van der Waals surface area contributed by atoms with Crippen LogP contribution in [0.4, 0.5) is 5.69 Å². The Hall–Kier alpha value is -1.88. The van der Waals surface area contributed by atoms with Gasteiger partial charge in [-0.25, -0.2) is 4.98 Å². The first-order valence-electron chi connectivity index (χ1n) is 6.73. The van der Waals surface area contributed by atoms with Gasteiger partial charge in [0.1, 0.15) is 5.69 Å². The van der Waals surface area contributed by atoms with Crippen LogP contribution < -0.4 is 10.6 Å². The van der Waals surface area contributed by atoms with Gasteiger partial charge >= 0.3 is 0 Å². The molecule has 0 aliphatic heterocycles. The van der Waals surface area contributed by atoms with Gasteiger partial charge in [-0.1, -0.05) is 6.92 Å². The number of nitrogens with one attached hydrogen (secondary N) is 2. The van der Waals surface area contributed by atoms with E-state index in [0.29, 0.717) is 5.69 Å². The third-order valence-electron chi connectivity index (χ3n) is 2.97. The van der Waals surface area contributed by atoms with Crippen molar-refractivity contribution in [1.29, 1.82) is 0 Å². The minimum absolute atomic E-state index is 0.00607. The van der Waals surface area contributed by atoms with Crippen molar-refractivity contribution in [3.63, 3.8) is 0 Å². The number of thiophene rings is 1. The molecular formula is C15H19N3OS. The number of nitrogens with zero attached hydrogens (tertiary/aromatic N) is 1. The van der Waals surface area contributed by atoms with Crippen LogP contribution in [0.1, 0.15) is 42.4 Å². The summed E-state index contributed by atoms with van der Waals surface area (Å²) in [5, 5.41) is 10.2. The molecule has 0 aromatic carbocycles. The fourth-order valence-electron chi connectivity index (χ4n) is 1.78. The van der Waals surface area contributed by atoms with Crippen molar-refractivity contribution in [3.8, 4) is 0 Å². The van der Waals surface area contributed by atoms with E-state index >= 15 is 0 Å². The Bertz CT molecular complexity index is 537. The van der Waals surface area contributed by atoms with Gasteiger partial charge in [0.05, 0.1) is 17.9 Å². The third kappa shape index (κ3) is 3.81. The second-order valence-electron chi connectivity index (χ2n) is 4.61. The summed E-state index contributed by atoms with van der Waals surface area (Å²) in [6, 6.07) is 5.63. The molecule has 2 aromatic rings. The summed E-state index contributed by atoms with van der Waals surface area (Å²) in [4.78, 5) is 16.3. The minimum atomic E-state index is -0.147. The molecule has 4 nitrogen and oxygen atoms in total. The third-order valence-corrected chi connectivity index (χ3v) is 3.67. The summed E-state index contributed by atoms with van der Waals surface area (Å²) in [5.41, 5.74) is 2.49. The molecule has 2 heterocycles. The smallest absolute Gasteiger partial charge is 0.270 e. The van der Waals surface area contributed by atoms with E-state index in [1.54, 1.807) is 23.6 Å². The molecule has 106 valence electrons. The monoisotopic (exact) mass is 289 g/mol. The maximum absolute atomic E-state index is 12.1. The average Bonchev–Trinajstić information content (AvgIpc) is 3.00. The number of amides is 1. The van der Waals surface area contributed by atoms with E-state index in [2.05, 4.69) is 22.5 Å². The number of pyridine rings is 1. The zero-order valence-corrected chi connectivity index (χ0v) is 12.5. The number of aromatic nitrogens is 1. The molecule has 2 N–H and O–H groups in total. The first-order valence-corrected chi connectivity index (χ1v) is 7.68. The van der Waals surface area contributed by atoms with E-state index in [0.717, 1.165) is 24.2 Å². The lowest BCUT2D eigenvalue weighted by Crippen LogP contribution is -2.27. The summed E-state index contributed by atoms with van der Waals surface area (Å²) in [7, 11) is 0. The number of hydrogen-bond donors (Lipinski definition) is 2. The van der Waals surface area contributed by atoms with Gasteiger partial charge in [-0.05, 0) is 47.9 Å². The lowest BCUT2D eigenvalue weighted by atomic mass is 10.2. The van der Waals surface area contributed by atoms with Crippen LogP contribution in [0.15, 0.2) is 35.2 Å². The van der Waals surface area contributed by atoms with Crippen molar-refractivity contribution >= 4 is 22.9 Å². The van der Waals surface area contributed by atoms with Gasteiger partial charge in [-0.2, -0.15) is 11.3 Å². The SMILES string of the molecule is CCCNc1ccc(C(=O)NC(C)c2ccsc2)nc1. The van der Waals surface area contributed by atoms with Crippen LogP contribution in [0.3, 0.4) is 0 Å². The molecule has 0 saturated carbocycles. The molecule has 0 saturated heterocycles. The molecule has 5 heteroatoms. The van der Waals surface area contributed by atoms with Crippen LogP contribution in [0.5, 0.6) is 0 Å². The Labute approximate surface area is 123 Å². The molecule has 0 bridgehead atoms. The van der Waals surface area contributed by atoms with E-state index in [9.17, 15) is 4.79 Å². The number of carbonyl (C=O) groups is 1. The van der Waals surface area contributed by atoms with Crippen LogP contribution >= 0.6 is 11.3 Å². The Morgan fingerprint density at radius 2 is 2.25 bits per heavy atom. The number of carbonyl (C=O) groups excluding carboxylic acids is 1. The molecule has 1 unspecified atom stereocenters. The Morgan fingerprint density at radius 3 is 2.85 bits per heavy atom. The second-order valence-corrected chi connectivity index (χ2v) is 5.39. The topological polar surface area (TPSA) is 54.0 Å². The van der Waals surface area contributed by atoms with Gasteiger partial charge in [0, 0.05) is 6.54 Å². The zero-order valence-electron chi connectivity index (χ0n) is 11.7. The predicted octanol–water partition coefficient (Wildman–Crippen LogP) is 3.46. The van der Waals surface area contributed by atoms with E-state index in [1.807, 2.05) is 29.8 Å². The highest BCUT2D eigenvalue weighted by Gasteiger charge is 2.12. The highest BCUT2D eigenvalue weighted by Crippen LogP contribution is 2.16. The van der Waals surface area contributed by atoms with Crippen molar-refractivity contribution in [2.75, 3.05) is 11.9 Å². The molecule has 20 heavy (non-hydrogen) atoms. The lowest BCUT2D eigenvalue weighted by Gasteiger charge is -2.12.